The average Bonchev–Trinajstić information content (AvgIpc) is 3.28. The number of rotatable bonds is 5. The Morgan fingerprint density at radius 3 is 2.54 bits per heavy atom. The summed E-state index contributed by atoms with van der Waals surface area (Å²) in [6.07, 6.45) is 1.64. The average molecular weight is 475 g/mol. The highest BCUT2D eigenvalue weighted by Gasteiger charge is 2.24. The maximum Gasteiger partial charge on any atom is 0.417 e. The summed E-state index contributed by atoms with van der Waals surface area (Å²) in [5.74, 6) is 0.117. The Morgan fingerprint density at radius 1 is 1.11 bits per heavy atom. The third kappa shape index (κ3) is 5.27. The van der Waals surface area contributed by atoms with Crippen molar-refractivity contribution in [2.24, 2.45) is 0 Å². The molecule has 0 aliphatic carbocycles. The SMILES string of the molecule is CN1CCCC(N(C)c2nc3cc(NC(=O)Oc4ccc(-c5ccc(F)cc5)cc4)ccc3o2)C1. The molecule has 2 heterocycles. The van der Waals surface area contributed by atoms with E-state index in [-0.39, 0.29) is 5.82 Å². The normalized spacial score (nSPS) is 16.3. The molecule has 0 spiro atoms. The van der Waals surface area contributed by atoms with Crippen LogP contribution >= 0.6 is 0 Å². The van der Waals surface area contributed by atoms with Crippen LogP contribution in [0.2, 0.25) is 0 Å². The molecule has 1 unspecified atom stereocenters. The van der Waals surface area contributed by atoms with Crippen LogP contribution in [0.4, 0.5) is 20.9 Å². The summed E-state index contributed by atoms with van der Waals surface area (Å²) in [6, 6.07) is 19.5. The zero-order chi connectivity index (χ0) is 24.4. The van der Waals surface area contributed by atoms with Gasteiger partial charge in [-0.15, -0.1) is 0 Å². The molecule has 1 fully saturated rings. The summed E-state index contributed by atoms with van der Waals surface area (Å²) in [5, 5.41) is 2.74. The molecule has 1 aliphatic rings. The monoisotopic (exact) mass is 474 g/mol. The van der Waals surface area contributed by atoms with Gasteiger partial charge < -0.3 is 19.0 Å². The molecule has 5 rings (SSSR count). The number of nitrogens with zero attached hydrogens (tertiary/aromatic N) is 3. The Labute approximate surface area is 203 Å². The number of hydrogen-bond donors (Lipinski definition) is 1. The Hall–Kier alpha value is -3.91. The van der Waals surface area contributed by atoms with Gasteiger partial charge in [-0.2, -0.15) is 4.98 Å². The number of hydrogen-bond acceptors (Lipinski definition) is 6. The lowest BCUT2D eigenvalue weighted by Gasteiger charge is -2.34. The van der Waals surface area contributed by atoms with Crippen LogP contribution in [0.1, 0.15) is 12.8 Å². The number of amides is 1. The molecule has 1 saturated heterocycles. The van der Waals surface area contributed by atoms with Gasteiger partial charge in [0.25, 0.3) is 6.01 Å². The van der Waals surface area contributed by atoms with E-state index in [1.807, 2.05) is 19.2 Å². The first-order valence-electron chi connectivity index (χ1n) is 11.6. The van der Waals surface area contributed by atoms with Gasteiger partial charge in [0.15, 0.2) is 5.58 Å². The third-order valence-corrected chi connectivity index (χ3v) is 6.31. The number of likely N-dealkylation sites (N-methyl/N-ethyl adjacent to an activating group) is 2. The zero-order valence-corrected chi connectivity index (χ0v) is 19.7. The number of halogens is 1. The maximum atomic E-state index is 13.1. The van der Waals surface area contributed by atoms with Crippen molar-refractivity contribution in [1.29, 1.82) is 0 Å². The fourth-order valence-electron chi connectivity index (χ4n) is 4.36. The quantitative estimate of drug-likeness (QED) is 0.396. The number of carbonyl (C=O) groups is 1. The number of benzene rings is 3. The third-order valence-electron chi connectivity index (χ3n) is 6.31. The van der Waals surface area contributed by atoms with E-state index in [1.165, 1.54) is 12.1 Å². The van der Waals surface area contributed by atoms with Crippen LogP contribution in [0.15, 0.2) is 71.1 Å². The first-order valence-corrected chi connectivity index (χ1v) is 11.6. The Balaban J connectivity index is 1.23. The van der Waals surface area contributed by atoms with Gasteiger partial charge in [-0.05, 0) is 80.0 Å². The van der Waals surface area contributed by atoms with E-state index in [2.05, 4.69) is 27.1 Å². The van der Waals surface area contributed by atoms with E-state index in [0.717, 1.165) is 37.1 Å². The molecule has 3 aromatic carbocycles. The van der Waals surface area contributed by atoms with Gasteiger partial charge >= 0.3 is 6.09 Å². The summed E-state index contributed by atoms with van der Waals surface area (Å²) >= 11 is 0. The number of ether oxygens (including phenoxy) is 1. The van der Waals surface area contributed by atoms with Gasteiger partial charge in [-0.25, -0.2) is 9.18 Å². The van der Waals surface area contributed by atoms with Gasteiger partial charge in [0.05, 0.1) is 0 Å². The molecule has 35 heavy (non-hydrogen) atoms. The minimum absolute atomic E-state index is 0.283. The summed E-state index contributed by atoms with van der Waals surface area (Å²) in [7, 11) is 4.13. The summed E-state index contributed by atoms with van der Waals surface area (Å²) < 4.78 is 24.5. The van der Waals surface area contributed by atoms with Crippen LogP contribution in [0.5, 0.6) is 5.75 Å². The number of aromatic nitrogens is 1. The van der Waals surface area contributed by atoms with Crippen LogP contribution in [-0.2, 0) is 0 Å². The van der Waals surface area contributed by atoms with E-state index < -0.39 is 6.09 Å². The van der Waals surface area contributed by atoms with Crippen molar-refractivity contribution in [3.05, 3.63) is 72.5 Å². The number of nitrogens with one attached hydrogen (secondary N) is 1. The molecule has 1 N–H and O–H groups in total. The van der Waals surface area contributed by atoms with Crippen molar-refractivity contribution in [2.45, 2.75) is 18.9 Å². The van der Waals surface area contributed by atoms with E-state index in [4.69, 9.17) is 9.15 Å². The fourth-order valence-corrected chi connectivity index (χ4v) is 4.36. The lowest BCUT2D eigenvalue weighted by atomic mass is 10.1. The number of fused-ring (bicyclic) bond motifs is 1. The molecule has 8 heteroatoms. The molecule has 180 valence electrons. The largest absolute Gasteiger partial charge is 0.423 e. The molecule has 4 aromatic rings. The molecular weight excluding hydrogens is 447 g/mol. The predicted octanol–water partition coefficient (Wildman–Crippen LogP) is 5.78. The standard InChI is InChI=1S/C27H27FN4O3/c1-31-15-3-4-22(17-31)32(2)26-30-24-16-21(11-14-25(24)35-26)29-27(33)34-23-12-7-19(8-13-23)18-5-9-20(28)10-6-18/h5-14,16,22H,3-4,15,17H2,1-2H3,(H,29,33). The Morgan fingerprint density at radius 2 is 1.83 bits per heavy atom. The molecule has 1 aromatic heterocycles. The van der Waals surface area contributed by atoms with Crippen molar-refractivity contribution in [1.82, 2.24) is 9.88 Å². The van der Waals surface area contributed by atoms with Crippen LogP contribution in [0.3, 0.4) is 0 Å². The Bertz CT molecular complexity index is 1320. The second kappa shape index (κ2) is 9.76. The zero-order valence-electron chi connectivity index (χ0n) is 19.7. The molecule has 1 aliphatic heterocycles. The number of anilines is 2. The topological polar surface area (TPSA) is 70.8 Å². The molecular formula is C27H27FN4O3. The van der Waals surface area contributed by atoms with Gasteiger partial charge in [-0.1, -0.05) is 24.3 Å². The number of likely N-dealkylation sites (tertiary alicyclic amines) is 1. The van der Waals surface area contributed by atoms with Gasteiger partial charge in [0, 0.05) is 25.3 Å². The molecule has 1 amide bonds. The van der Waals surface area contributed by atoms with Crippen molar-refractivity contribution >= 4 is 28.9 Å². The van der Waals surface area contributed by atoms with Gasteiger partial charge in [0.1, 0.15) is 17.1 Å². The molecule has 7 nitrogen and oxygen atoms in total. The van der Waals surface area contributed by atoms with Crippen LogP contribution in [0.25, 0.3) is 22.2 Å². The number of oxazole rings is 1. The lowest BCUT2D eigenvalue weighted by molar-refractivity contribution is 0.215. The van der Waals surface area contributed by atoms with Crippen molar-refractivity contribution in [2.75, 3.05) is 37.4 Å². The van der Waals surface area contributed by atoms with Crippen molar-refractivity contribution < 1.29 is 18.3 Å². The van der Waals surface area contributed by atoms with Gasteiger partial charge in [0.2, 0.25) is 0 Å². The Kier molecular flexibility index (Phi) is 6.37. The summed E-state index contributed by atoms with van der Waals surface area (Å²) in [5.41, 5.74) is 3.66. The maximum absolute atomic E-state index is 13.1. The number of piperidine rings is 1. The van der Waals surface area contributed by atoms with Crippen LogP contribution in [0, 0.1) is 5.82 Å². The smallest absolute Gasteiger partial charge is 0.417 e. The second-order valence-corrected chi connectivity index (χ2v) is 8.89. The first kappa shape index (κ1) is 22.9. The van der Waals surface area contributed by atoms with E-state index in [0.29, 0.717) is 34.6 Å². The highest BCUT2D eigenvalue weighted by Crippen LogP contribution is 2.27. The predicted molar refractivity (Wildman–Crippen MR) is 134 cm³/mol. The van der Waals surface area contributed by atoms with E-state index in [9.17, 15) is 9.18 Å². The number of carbonyl (C=O) groups excluding carboxylic acids is 1. The van der Waals surface area contributed by atoms with Crippen LogP contribution in [-0.4, -0.2) is 49.2 Å². The highest BCUT2D eigenvalue weighted by atomic mass is 19.1. The minimum Gasteiger partial charge on any atom is -0.423 e. The van der Waals surface area contributed by atoms with Gasteiger partial charge in [-0.3, -0.25) is 5.32 Å². The second-order valence-electron chi connectivity index (χ2n) is 8.89. The lowest BCUT2D eigenvalue weighted by Crippen LogP contribution is -2.45. The summed E-state index contributed by atoms with van der Waals surface area (Å²) in [6.45, 7) is 2.08. The summed E-state index contributed by atoms with van der Waals surface area (Å²) in [4.78, 5) is 21.5. The minimum atomic E-state index is -0.607. The van der Waals surface area contributed by atoms with Crippen molar-refractivity contribution in [3.8, 4) is 16.9 Å². The van der Waals surface area contributed by atoms with E-state index in [1.54, 1.807) is 42.5 Å². The van der Waals surface area contributed by atoms with Crippen molar-refractivity contribution in [3.63, 3.8) is 0 Å². The molecule has 0 radical (unpaired) electrons. The van der Waals surface area contributed by atoms with Crippen LogP contribution < -0.4 is 15.0 Å². The highest BCUT2D eigenvalue weighted by molar-refractivity contribution is 5.89. The molecule has 0 bridgehead atoms. The first-order chi connectivity index (χ1) is 16.9. The molecule has 0 saturated carbocycles. The fraction of sp³-hybridized carbons (Fsp3) is 0.259. The molecule has 1 atom stereocenters. The van der Waals surface area contributed by atoms with E-state index >= 15 is 0 Å².